The van der Waals surface area contributed by atoms with Gasteiger partial charge in [0.2, 0.25) is 17.7 Å². The zero-order valence-electron chi connectivity index (χ0n) is 18.4. The average molecular weight is 497 g/mol. The van der Waals surface area contributed by atoms with Crippen LogP contribution in [-0.2, 0) is 14.4 Å². The predicted molar refractivity (Wildman–Crippen MR) is 128 cm³/mol. The summed E-state index contributed by atoms with van der Waals surface area (Å²) in [6, 6.07) is -1.04. The standard InChI is InChI=1S/C20H36N4O4S2.ClH/c1-3-14(2)17(21)19(27)24-13-20(29-10-11-30-20)12-15(24)18(26)22-9-7-5-4-6-8-16(25)23-28;/h14-15,17,28H,3-13,21H2,1-2H3,(H,22,26)(H,23,25);1H/t14-,15+,17+;/m1./s1. The average Bonchev–Trinajstić information content (AvgIpc) is 3.37. The molecule has 2 heterocycles. The lowest BCUT2D eigenvalue weighted by molar-refractivity contribution is -0.140. The number of unbranched alkanes of at least 4 members (excludes halogenated alkanes) is 3. The van der Waals surface area contributed by atoms with Gasteiger partial charge in [0.15, 0.2) is 0 Å². The van der Waals surface area contributed by atoms with Crippen molar-refractivity contribution in [3.63, 3.8) is 0 Å². The highest BCUT2D eigenvalue weighted by atomic mass is 35.5. The Morgan fingerprint density at radius 2 is 1.84 bits per heavy atom. The van der Waals surface area contributed by atoms with E-state index < -0.39 is 12.1 Å². The lowest BCUT2D eigenvalue weighted by Gasteiger charge is -2.29. The Kier molecular flexibility index (Phi) is 12.6. The fourth-order valence-corrected chi connectivity index (χ4v) is 7.11. The van der Waals surface area contributed by atoms with Crippen molar-refractivity contribution in [2.24, 2.45) is 11.7 Å². The molecule has 5 N–H and O–H groups in total. The molecule has 0 radical (unpaired) electrons. The Hall–Kier alpha value is -0.680. The Bertz CT molecular complexity index is 608. The molecule has 0 aromatic rings. The fraction of sp³-hybridized carbons (Fsp3) is 0.850. The van der Waals surface area contributed by atoms with Gasteiger partial charge < -0.3 is 16.0 Å². The maximum atomic E-state index is 13.1. The first-order chi connectivity index (χ1) is 14.3. The second-order valence-corrected chi connectivity index (χ2v) is 11.4. The van der Waals surface area contributed by atoms with Gasteiger partial charge in [0, 0.05) is 37.4 Å². The third-order valence-electron chi connectivity index (χ3n) is 5.99. The molecular weight excluding hydrogens is 460 g/mol. The molecule has 2 fully saturated rings. The second-order valence-electron chi connectivity index (χ2n) is 8.20. The van der Waals surface area contributed by atoms with Crippen molar-refractivity contribution in [3.8, 4) is 0 Å². The van der Waals surface area contributed by atoms with Crippen molar-refractivity contribution >= 4 is 53.7 Å². The zero-order valence-corrected chi connectivity index (χ0v) is 20.9. The fourth-order valence-electron chi connectivity index (χ4n) is 3.85. The summed E-state index contributed by atoms with van der Waals surface area (Å²) in [4.78, 5) is 38.7. The molecule has 11 heteroatoms. The van der Waals surface area contributed by atoms with E-state index in [4.69, 9.17) is 10.9 Å². The number of hydroxylamine groups is 1. The number of carbonyl (C=O) groups is 3. The molecule has 31 heavy (non-hydrogen) atoms. The number of likely N-dealkylation sites (tertiary alicyclic amines) is 1. The highest BCUT2D eigenvalue weighted by molar-refractivity contribution is 8.21. The van der Waals surface area contributed by atoms with Gasteiger partial charge in [-0.05, 0) is 18.8 Å². The summed E-state index contributed by atoms with van der Waals surface area (Å²) in [5, 5.41) is 11.5. The predicted octanol–water partition coefficient (Wildman–Crippen LogP) is 2.13. The first-order valence-corrected chi connectivity index (χ1v) is 12.8. The molecule has 3 atom stereocenters. The third kappa shape index (κ3) is 7.99. The number of hydrogen-bond acceptors (Lipinski definition) is 7. The van der Waals surface area contributed by atoms with E-state index in [1.54, 1.807) is 10.4 Å². The molecule has 0 unspecified atom stereocenters. The maximum Gasteiger partial charge on any atom is 0.243 e. The number of carbonyl (C=O) groups excluding carboxylic acids is 3. The largest absolute Gasteiger partial charge is 0.354 e. The van der Waals surface area contributed by atoms with Gasteiger partial charge in [-0.3, -0.25) is 19.6 Å². The van der Waals surface area contributed by atoms with E-state index in [0.717, 1.165) is 37.2 Å². The summed E-state index contributed by atoms with van der Waals surface area (Å²) in [7, 11) is 0. The van der Waals surface area contributed by atoms with Gasteiger partial charge in [-0.25, -0.2) is 5.48 Å². The number of thioether (sulfide) groups is 2. The number of nitrogens with two attached hydrogens (primary N) is 1. The number of nitrogens with one attached hydrogen (secondary N) is 2. The summed E-state index contributed by atoms with van der Waals surface area (Å²) in [6.07, 6.45) is 5.06. The summed E-state index contributed by atoms with van der Waals surface area (Å²) in [5.74, 6) is 1.59. The van der Waals surface area contributed by atoms with Crippen LogP contribution in [0.2, 0.25) is 0 Å². The van der Waals surface area contributed by atoms with E-state index >= 15 is 0 Å². The molecule has 2 saturated heterocycles. The molecule has 0 aliphatic carbocycles. The Morgan fingerprint density at radius 3 is 2.45 bits per heavy atom. The van der Waals surface area contributed by atoms with Crippen molar-refractivity contribution in [2.45, 2.75) is 75.0 Å². The summed E-state index contributed by atoms with van der Waals surface area (Å²) in [6.45, 7) is 5.13. The summed E-state index contributed by atoms with van der Waals surface area (Å²) in [5.41, 5.74) is 7.84. The highest BCUT2D eigenvalue weighted by Gasteiger charge is 2.51. The minimum Gasteiger partial charge on any atom is -0.354 e. The van der Waals surface area contributed by atoms with Gasteiger partial charge in [-0.15, -0.1) is 35.9 Å². The maximum absolute atomic E-state index is 13.1. The van der Waals surface area contributed by atoms with E-state index in [1.165, 1.54) is 0 Å². The van der Waals surface area contributed by atoms with Gasteiger partial charge in [0.1, 0.15) is 6.04 Å². The molecule has 2 rings (SSSR count). The highest BCUT2D eigenvalue weighted by Crippen LogP contribution is 2.51. The Morgan fingerprint density at radius 1 is 1.19 bits per heavy atom. The van der Waals surface area contributed by atoms with Crippen LogP contribution in [0, 0.1) is 5.92 Å². The SMILES string of the molecule is CC[C@@H](C)[C@H](N)C(=O)N1CC2(C[C@H]1C(=O)NCCCCCCC(=O)NO)SCCS2.Cl. The molecular formula is C20H37ClN4O4S2. The third-order valence-corrected chi connectivity index (χ3v) is 9.41. The number of amides is 3. The van der Waals surface area contributed by atoms with Crippen LogP contribution < -0.4 is 16.5 Å². The van der Waals surface area contributed by atoms with Crippen molar-refractivity contribution in [3.05, 3.63) is 0 Å². The van der Waals surface area contributed by atoms with Gasteiger partial charge in [-0.1, -0.05) is 33.1 Å². The van der Waals surface area contributed by atoms with E-state index in [1.807, 2.05) is 37.4 Å². The topological polar surface area (TPSA) is 125 Å². The van der Waals surface area contributed by atoms with Crippen LogP contribution >= 0.6 is 35.9 Å². The minimum absolute atomic E-state index is 0. The minimum atomic E-state index is -0.576. The lowest BCUT2D eigenvalue weighted by Crippen LogP contribution is -2.53. The summed E-state index contributed by atoms with van der Waals surface area (Å²) < 4.78 is -0.0832. The summed E-state index contributed by atoms with van der Waals surface area (Å²) >= 11 is 3.72. The molecule has 3 amide bonds. The van der Waals surface area contributed by atoms with Gasteiger partial charge in [0.05, 0.1) is 10.1 Å². The quantitative estimate of drug-likeness (QED) is 0.196. The van der Waals surface area contributed by atoms with Crippen LogP contribution in [0.1, 0.15) is 58.8 Å². The monoisotopic (exact) mass is 496 g/mol. The van der Waals surface area contributed by atoms with Crippen molar-refractivity contribution in [1.82, 2.24) is 15.7 Å². The molecule has 8 nitrogen and oxygen atoms in total. The number of nitrogens with zero attached hydrogens (tertiary/aromatic N) is 1. The number of rotatable bonds is 11. The van der Waals surface area contributed by atoms with Crippen molar-refractivity contribution < 1.29 is 19.6 Å². The second kappa shape index (κ2) is 13.8. The number of hydrogen-bond donors (Lipinski definition) is 4. The van der Waals surface area contributed by atoms with Crippen LogP contribution in [-0.4, -0.2) is 68.6 Å². The lowest BCUT2D eigenvalue weighted by atomic mass is 9.98. The molecule has 0 bridgehead atoms. The first kappa shape index (κ1) is 28.4. The van der Waals surface area contributed by atoms with Crippen LogP contribution in [0.5, 0.6) is 0 Å². The van der Waals surface area contributed by atoms with Crippen LogP contribution in [0.3, 0.4) is 0 Å². The molecule has 0 aromatic carbocycles. The van der Waals surface area contributed by atoms with E-state index in [0.29, 0.717) is 32.4 Å². The smallest absolute Gasteiger partial charge is 0.243 e. The van der Waals surface area contributed by atoms with Crippen LogP contribution in [0.25, 0.3) is 0 Å². The van der Waals surface area contributed by atoms with E-state index in [9.17, 15) is 14.4 Å². The van der Waals surface area contributed by atoms with Crippen molar-refractivity contribution in [1.29, 1.82) is 0 Å². The molecule has 180 valence electrons. The zero-order chi connectivity index (χ0) is 22.1. The van der Waals surface area contributed by atoms with Gasteiger partial charge >= 0.3 is 0 Å². The van der Waals surface area contributed by atoms with E-state index in [2.05, 4.69) is 5.32 Å². The number of halogens is 1. The molecule has 0 saturated carbocycles. The Balaban J connectivity index is 0.00000480. The van der Waals surface area contributed by atoms with Gasteiger partial charge in [0.25, 0.3) is 0 Å². The van der Waals surface area contributed by atoms with Crippen molar-refractivity contribution in [2.75, 3.05) is 24.6 Å². The molecule has 2 aliphatic heterocycles. The molecule has 0 aromatic heterocycles. The molecule has 2 aliphatic rings. The normalized spacial score (nSPS) is 21.4. The van der Waals surface area contributed by atoms with Crippen LogP contribution in [0.4, 0.5) is 0 Å². The molecule has 1 spiro atoms. The first-order valence-electron chi connectivity index (χ1n) is 10.9. The van der Waals surface area contributed by atoms with Crippen LogP contribution in [0.15, 0.2) is 0 Å². The Labute approximate surface area is 199 Å². The van der Waals surface area contributed by atoms with Gasteiger partial charge in [-0.2, -0.15) is 0 Å². The van der Waals surface area contributed by atoms with E-state index in [-0.39, 0.29) is 40.1 Å².